The van der Waals surface area contributed by atoms with Gasteiger partial charge in [0.25, 0.3) is 5.91 Å². The van der Waals surface area contributed by atoms with Crippen LogP contribution in [0, 0.1) is 0 Å². The largest absolute Gasteiger partial charge is 0.445 e. The number of benzene rings is 2. The summed E-state index contributed by atoms with van der Waals surface area (Å²) >= 11 is 0.281. The second-order valence-corrected chi connectivity index (χ2v) is 6.18. The zero-order valence-electron chi connectivity index (χ0n) is 13.2. The third-order valence-electron chi connectivity index (χ3n) is 3.33. The van der Waals surface area contributed by atoms with Gasteiger partial charge in [-0.15, -0.1) is 10.2 Å². The summed E-state index contributed by atoms with van der Waals surface area (Å²) in [6.07, 6.45) is -2.93. The molecule has 1 aromatic heterocycles. The first kappa shape index (κ1) is 17.8. The van der Waals surface area contributed by atoms with Crippen LogP contribution in [0.25, 0.3) is 11.6 Å². The lowest BCUT2D eigenvalue weighted by atomic mass is 10.0. The minimum atomic E-state index is -4.59. The van der Waals surface area contributed by atoms with Gasteiger partial charge in [-0.2, -0.15) is 13.2 Å². The van der Waals surface area contributed by atoms with E-state index in [2.05, 4.69) is 15.5 Å². The summed E-state index contributed by atoms with van der Waals surface area (Å²) in [5.41, 5.74) is 1.73. The number of carbonyl (C=O) groups is 1. The summed E-state index contributed by atoms with van der Waals surface area (Å²) in [5, 5.41) is 7.53. The van der Waals surface area contributed by atoms with Crippen molar-refractivity contribution in [2.24, 2.45) is 0 Å². The number of halogens is 3. The highest BCUT2D eigenvalue weighted by Gasteiger charge is 2.35. The first-order chi connectivity index (χ1) is 12.4. The van der Waals surface area contributed by atoms with Gasteiger partial charge in [-0.3, -0.25) is 10.1 Å². The molecule has 0 aliphatic heterocycles. The smallest absolute Gasteiger partial charge is 0.296 e. The summed E-state index contributed by atoms with van der Waals surface area (Å²) in [5.74, 6) is -0.565. The van der Waals surface area contributed by atoms with Crippen LogP contribution in [0.2, 0.25) is 0 Å². The maximum atomic E-state index is 12.7. The van der Waals surface area contributed by atoms with Gasteiger partial charge in [-0.05, 0) is 17.2 Å². The monoisotopic (exact) mass is 375 g/mol. The van der Waals surface area contributed by atoms with Crippen molar-refractivity contribution in [2.45, 2.75) is 6.18 Å². The van der Waals surface area contributed by atoms with Gasteiger partial charge < -0.3 is 0 Å². The van der Waals surface area contributed by atoms with Crippen molar-refractivity contribution in [3.05, 3.63) is 76.8 Å². The molecule has 4 nitrogen and oxygen atoms in total. The van der Waals surface area contributed by atoms with E-state index < -0.39 is 17.1 Å². The number of nitrogens with zero attached hydrogens (tertiary/aromatic N) is 2. The third-order valence-corrected chi connectivity index (χ3v) is 4.21. The quantitative estimate of drug-likeness (QED) is 0.530. The number of amides is 1. The van der Waals surface area contributed by atoms with E-state index in [1.807, 2.05) is 36.4 Å². The number of nitrogens with one attached hydrogen (secondary N) is 1. The van der Waals surface area contributed by atoms with Crippen molar-refractivity contribution in [1.29, 1.82) is 0 Å². The molecule has 0 unspecified atom stereocenters. The van der Waals surface area contributed by atoms with Gasteiger partial charge >= 0.3 is 6.18 Å². The second-order valence-electron chi connectivity index (χ2n) is 5.20. The molecular formula is C18H12F3N3OS. The molecule has 0 fully saturated rings. The molecule has 0 aliphatic carbocycles. The average molecular weight is 375 g/mol. The van der Waals surface area contributed by atoms with Gasteiger partial charge in [0, 0.05) is 5.57 Å². The maximum absolute atomic E-state index is 12.7. The van der Waals surface area contributed by atoms with Gasteiger partial charge in [0.1, 0.15) is 0 Å². The summed E-state index contributed by atoms with van der Waals surface area (Å²) < 4.78 is 37.9. The highest BCUT2D eigenvalue weighted by Crippen LogP contribution is 2.33. The zero-order valence-corrected chi connectivity index (χ0v) is 14.0. The Morgan fingerprint density at radius 2 is 1.58 bits per heavy atom. The Morgan fingerprint density at radius 3 is 2.15 bits per heavy atom. The molecule has 3 rings (SSSR count). The van der Waals surface area contributed by atoms with E-state index in [0.29, 0.717) is 11.1 Å². The zero-order chi connectivity index (χ0) is 18.6. The fraction of sp³-hybridized carbons (Fsp3) is 0.0556. The SMILES string of the molecule is O=C(Nc1nnc(C(F)(F)F)s1)C(=Cc1ccccc1)c1ccccc1. The standard InChI is InChI=1S/C18H12F3N3OS/c19-18(20,21)16-23-24-17(26-16)22-15(25)14(13-9-5-2-6-10-13)11-12-7-3-1-4-8-12/h1-11H,(H,22,24,25). The summed E-state index contributed by atoms with van der Waals surface area (Å²) in [6, 6.07) is 18.0. The van der Waals surface area contributed by atoms with Crippen molar-refractivity contribution in [3.63, 3.8) is 0 Å². The minimum absolute atomic E-state index is 0.211. The van der Waals surface area contributed by atoms with Crippen molar-refractivity contribution in [2.75, 3.05) is 5.32 Å². The van der Waals surface area contributed by atoms with Crippen molar-refractivity contribution in [3.8, 4) is 0 Å². The Bertz CT molecular complexity index is 922. The third kappa shape index (κ3) is 4.34. The predicted octanol–water partition coefficient (Wildman–Crippen LogP) is 4.74. The van der Waals surface area contributed by atoms with Gasteiger partial charge in [0.15, 0.2) is 0 Å². The molecule has 26 heavy (non-hydrogen) atoms. The number of hydrogen-bond acceptors (Lipinski definition) is 4. The summed E-state index contributed by atoms with van der Waals surface area (Å²) in [7, 11) is 0. The average Bonchev–Trinajstić information content (AvgIpc) is 3.10. The molecule has 2 aromatic carbocycles. The van der Waals surface area contributed by atoms with Crippen LogP contribution in [0.15, 0.2) is 60.7 Å². The van der Waals surface area contributed by atoms with Crippen molar-refractivity contribution >= 4 is 34.0 Å². The molecule has 0 atom stereocenters. The molecule has 0 saturated carbocycles. The fourth-order valence-corrected chi connectivity index (χ4v) is 2.77. The summed E-state index contributed by atoms with van der Waals surface area (Å²) in [6.45, 7) is 0. The van der Waals surface area contributed by atoms with E-state index in [9.17, 15) is 18.0 Å². The van der Waals surface area contributed by atoms with E-state index in [4.69, 9.17) is 0 Å². The first-order valence-corrected chi connectivity index (χ1v) is 8.29. The van der Waals surface area contributed by atoms with Crippen LogP contribution < -0.4 is 5.32 Å². The Kier molecular flexibility index (Phi) is 5.13. The van der Waals surface area contributed by atoms with Crippen LogP contribution in [-0.4, -0.2) is 16.1 Å². The topological polar surface area (TPSA) is 54.9 Å². The van der Waals surface area contributed by atoms with E-state index in [-0.39, 0.29) is 16.5 Å². The Morgan fingerprint density at radius 1 is 0.962 bits per heavy atom. The highest BCUT2D eigenvalue weighted by atomic mass is 32.1. The Labute approximate surface area is 151 Å². The molecule has 0 radical (unpaired) electrons. The molecule has 1 N–H and O–H groups in total. The van der Waals surface area contributed by atoms with E-state index in [0.717, 1.165) is 5.56 Å². The number of aromatic nitrogens is 2. The minimum Gasteiger partial charge on any atom is -0.296 e. The lowest BCUT2D eigenvalue weighted by Crippen LogP contribution is -2.13. The van der Waals surface area contributed by atoms with Crippen LogP contribution in [0.1, 0.15) is 16.1 Å². The van der Waals surface area contributed by atoms with Crippen LogP contribution in [0.4, 0.5) is 18.3 Å². The summed E-state index contributed by atoms with van der Waals surface area (Å²) in [4.78, 5) is 12.7. The van der Waals surface area contributed by atoms with E-state index >= 15 is 0 Å². The van der Waals surface area contributed by atoms with Gasteiger partial charge in [0.2, 0.25) is 10.1 Å². The van der Waals surface area contributed by atoms with Gasteiger partial charge in [0.05, 0.1) is 0 Å². The van der Waals surface area contributed by atoms with Gasteiger partial charge in [-0.1, -0.05) is 72.0 Å². The number of alkyl halides is 3. The molecule has 0 saturated heterocycles. The molecular weight excluding hydrogens is 363 g/mol. The first-order valence-electron chi connectivity index (χ1n) is 7.48. The molecule has 1 amide bonds. The number of anilines is 1. The molecule has 132 valence electrons. The van der Waals surface area contributed by atoms with E-state index in [1.165, 1.54) is 0 Å². The Balaban J connectivity index is 1.91. The molecule has 3 aromatic rings. The number of hydrogen-bond donors (Lipinski definition) is 1. The van der Waals surface area contributed by atoms with Crippen molar-refractivity contribution < 1.29 is 18.0 Å². The normalized spacial score (nSPS) is 12.0. The van der Waals surface area contributed by atoms with Crippen LogP contribution >= 0.6 is 11.3 Å². The number of carbonyl (C=O) groups excluding carboxylic acids is 1. The van der Waals surface area contributed by atoms with Crippen molar-refractivity contribution in [1.82, 2.24) is 10.2 Å². The molecule has 1 heterocycles. The second kappa shape index (κ2) is 7.49. The molecule has 0 aliphatic rings. The van der Waals surface area contributed by atoms with Crippen LogP contribution in [0.3, 0.4) is 0 Å². The van der Waals surface area contributed by atoms with Crippen LogP contribution in [-0.2, 0) is 11.0 Å². The lowest BCUT2D eigenvalue weighted by molar-refractivity contribution is -0.138. The molecule has 0 bridgehead atoms. The van der Waals surface area contributed by atoms with Crippen LogP contribution in [0.5, 0.6) is 0 Å². The molecule has 8 heteroatoms. The maximum Gasteiger partial charge on any atom is 0.445 e. The highest BCUT2D eigenvalue weighted by molar-refractivity contribution is 7.15. The van der Waals surface area contributed by atoms with Gasteiger partial charge in [-0.25, -0.2) is 0 Å². The predicted molar refractivity (Wildman–Crippen MR) is 94.3 cm³/mol. The molecule has 0 spiro atoms. The Hall–Kier alpha value is -3.00. The lowest BCUT2D eigenvalue weighted by Gasteiger charge is -2.08. The van der Waals surface area contributed by atoms with E-state index in [1.54, 1.807) is 30.3 Å². The fourth-order valence-electron chi connectivity index (χ4n) is 2.17. The number of rotatable bonds is 4.